The zero-order valence-corrected chi connectivity index (χ0v) is 10.4. The van der Waals surface area contributed by atoms with Crippen molar-refractivity contribution in [1.82, 2.24) is 0 Å². The Morgan fingerprint density at radius 1 is 1.29 bits per heavy atom. The van der Waals surface area contributed by atoms with Crippen molar-refractivity contribution in [3.05, 3.63) is 34.9 Å². The van der Waals surface area contributed by atoms with Gasteiger partial charge in [-0.1, -0.05) is 52.5 Å². The van der Waals surface area contributed by atoms with Gasteiger partial charge in [0.2, 0.25) is 0 Å². The molecule has 0 saturated heterocycles. The number of alkyl halides is 1. The highest BCUT2D eigenvalue weighted by Crippen LogP contribution is 2.36. The Morgan fingerprint density at radius 3 is 2.50 bits per heavy atom. The molecule has 0 aromatic heterocycles. The zero-order chi connectivity index (χ0) is 9.97. The van der Waals surface area contributed by atoms with Crippen LogP contribution >= 0.6 is 27.5 Å². The van der Waals surface area contributed by atoms with Crippen molar-refractivity contribution in [1.29, 1.82) is 0 Å². The number of benzene rings is 1. The van der Waals surface area contributed by atoms with Crippen molar-refractivity contribution in [3.63, 3.8) is 0 Å². The minimum atomic E-state index is 0.635. The summed E-state index contributed by atoms with van der Waals surface area (Å²) in [7, 11) is 0. The third kappa shape index (κ3) is 3.29. The number of hydrogen-bond donors (Lipinski definition) is 0. The van der Waals surface area contributed by atoms with Gasteiger partial charge in [-0.25, -0.2) is 0 Å². The lowest BCUT2D eigenvalue weighted by atomic mass is 10.1. The summed E-state index contributed by atoms with van der Waals surface area (Å²) in [5.41, 5.74) is 1.37. The van der Waals surface area contributed by atoms with Crippen LogP contribution in [-0.2, 0) is 6.42 Å². The van der Waals surface area contributed by atoms with Crippen molar-refractivity contribution in [2.24, 2.45) is 5.92 Å². The van der Waals surface area contributed by atoms with E-state index in [4.69, 9.17) is 11.6 Å². The summed E-state index contributed by atoms with van der Waals surface area (Å²) in [6.07, 6.45) is 5.31. The van der Waals surface area contributed by atoms with Gasteiger partial charge in [-0.05, 0) is 36.5 Å². The molecule has 76 valence electrons. The van der Waals surface area contributed by atoms with Crippen LogP contribution in [0.3, 0.4) is 0 Å². The van der Waals surface area contributed by atoms with Crippen molar-refractivity contribution >= 4 is 27.5 Å². The van der Waals surface area contributed by atoms with Crippen molar-refractivity contribution < 1.29 is 0 Å². The van der Waals surface area contributed by atoms with Crippen molar-refractivity contribution in [3.8, 4) is 0 Å². The van der Waals surface area contributed by atoms with Gasteiger partial charge in [-0.15, -0.1) is 0 Å². The van der Waals surface area contributed by atoms with Gasteiger partial charge in [0, 0.05) is 9.85 Å². The van der Waals surface area contributed by atoms with E-state index >= 15 is 0 Å². The lowest BCUT2D eigenvalue weighted by molar-refractivity contribution is 0.690. The first-order chi connectivity index (χ1) is 6.74. The molecule has 1 fully saturated rings. The maximum atomic E-state index is 5.83. The fraction of sp³-hybridized carbons (Fsp3) is 0.500. The van der Waals surface area contributed by atoms with Crippen LogP contribution in [0, 0.1) is 5.92 Å². The second-order valence-corrected chi connectivity index (χ2v) is 5.84. The van der Waals surface area contributed by atoms with Gasteiger partial charge in [0.1, 0.15) is 0 Å². The summed E-state index contributed by atoms with van der Waals surface area (Å²) in [6.45, 7) is 0. The molecule has 0 N–H and O–H groups in total. The molecule has 0 bridgehead atoms. The van der Waals surface area contributed by atoms with Crippen LogP contribution in [0.15, 0.2) is 24.3 Å². The summed E-state index contributed by atoms with van der Waals surface area (Å²) in [6, 6.07) is 8.16. The van der Waals surface area contributed by atoms with E-state index in [-0.39, 0.29) is 0 Å². The van der Waals surface area contributed by atoms with E-state index in [9.17, 15) is 0 Å². The summed E-state index contributed by atoms with van der Waals surface area (Å²) in [5.74, 6) is 0.992. The molecule has 2 rings (SSSR count). The van der Waals surface area contributed by atoms with Gasteiger partial charge < -0.3 is 0 Å². The van der Waals surface area contributed by atoms with E-state index in [1.165, 1.54) is 24.8 Å². The lowest BCUT2D eigenvalue weighted by Gasteiger charge is -2.08. The average molecular weight is 274 g/mol. The van der Waals surface area contributed by atoms with Crippen LogP contribution in [0.25, 0.3) is 0 Å². The normalized spacial score (nSPS) is 18.1. The molecule has 14 heavy (non-hydrogen) atoms. The fourth-order valence-electron chi connectivity index (χ4n) is 1.67. The first-order valence-electron chi connectivity index (χ1n) is 5.12. The molecule has 0 amide bonds. The standard InChI is InChI=1S/C12H14BrCl/c13-11(7-9-1-2-9)8-10-3-5-12(14)6-4-10/h3-6,9,11H,1-2,7-8H2. The highest BCUT2D eigenvalue weighted by atomic mass is 79.9. The Balaban J connectivity index is 1.85. The Morgan fingerprint density at radius 2 is 1.93 bits per heavy atom. The molecule has 0 heterocycles. The summed E-state index contributed by atoms with van der Waals surface area (Å²) in [5, 5.41) is 0.821. The highest BCUT2D eigenvalue weighted by molar-refractivity contribution is 9.09. The molecular weight excluding hydrogens is 259 g/mol. The lowest BCUT2D eigenvalue weighted by Crippen LogP contribution is -2.03. The van der Waals surface area contributed by atoms with Gasteiger partial charge >= 0.3 is 0 Å². The minimum Gasteiger partial charge on any atom is -0.0887 e. The van der Waals surface area contributed by atoms with E-state index in [1.807, 2.05) is 12.1 Å². The predicted molar refractivity (Wildman–Crippen MR) is 65.2 cm³/mol. The smallest absolute Gasteiger partial charge is 0.0406 e. The Hall–Kier alpha value is -0.0100. The van der Waals surface area contributed by atoms with Crippen molar-refractivity contribution in [2.75, 3.05) is 0 Å². The van der Waals surface area contributed by atoms with Crippen LogP contribution in [0.5, 0.6) is 0 Å². The molecule has 1 aromatic carbocycles. The Kier molecular flexibility index (Phi) is 3.51. The van der Waals surface area contributed by atoms with Gasteiger partial charge in [0.05, 0.1) is 0 Å². The minimum absolute atomic E-state index is 0.635. The molecule has 2 heteroatoms. The van der Waals surface area contributed by atoms with E-state index < -0.39 is 0 Å². The third-order valence-electron chi connectivity index (χ3n) is 2.66. The van der Waals surface area contributed by atoms with Gasteiger partial charge in [0.15, 0.2) is 0 Å². The predicted octanol–water partition coefficient (Wildman–Crippen LogP) is 4.45. The molecule has 1 atom stereocenters. The first-order valence-corrected chi connectivity index (χ1v) is 6.42. The fourth-order valence-corrected chi connectivity index (χ4v) is 2.70. The SMILES string of the molecule is Clc1ccc(CC(Br)CC2CC2)cc1. The molecule has 1 aliphatic rings. The second kappa shape index (κ2) is 4.67. The maximum Gasteiger partial charge on any atom is 0.0406 e. The molecule has 1 unspecified atom stereocenters. The summed E-state index contributed by atoms with van der Waals surface area (Å²) >= 11 is 9.57. The van der Waals surface area contributed by atoms with Gasteiger partial charge in [-0.3, -0.25) is 0 Å². The van der Waals surface area contributed by atoms with Crippen LogP contribution in [0.1, 0.15) is 24.8 Å². The Bertz CT molecular complexity index is 290. The number of halogens is 2. The second-order valence-electron chi connectivity index (χ2n) is 4.11. The molecule has 1 aromatic rings. The summed E-state index contributed by atoms with van der Waals surface area (Å²) < 4.78 is 0. The summed E-state index contributed by atoms with van der Waals surface area (Å²) in [4.78, 5) is 0.635. The average Bonchev–Trinajstić information content (AvgIpc) is 2.93. The monoisotopic (exact) mass is 272 g/mol. The van der Waals surface area contributed by atoms with Crippen LogP contribution in [-0.4, -0.2) is 4.83 Å². The zero-order valence-electron chi connectivity index (χ0n) is 8.05. The van der Waals surface area contributed by atoms with Gasteiger partial charge in [0.25, 0.3) is 0 Å². The number of rotatable bonds is 4. The highest BCUT2D eigenvalue weighted by Gasteiger charge is 2.24. The third-order valence-corrected chi connectivity index (χ3v) is 3.61. The molecule has 0 nitrogen and oxygen atoms in total. The molecule has 0 aliphatic heterocycles. The van der Waals surface area contributed by atoms with Crippen LogP contribution in [0.4, 0.5) is 0 Å². The largest absolute Gasteiger partial charge is 0.0887 e. The molecule has 0 spiro atoms. The van der Waals surface area contributed by atoms with E-state index in [1.54, 1.807) is 0 Å². The molecule has 1 saturated carbocycles. The van der Waals surface area contributed by atoms with E-state index in [0.717, 1.165) is 17.4 Å². The molecule has 0 radical (unpaired) electrons. The van der Waals surface area contributed by atoms with E-state index in [2.05, 4.69) is 28.1 Å². The quantitative estimate of drug-likeness (QED) is 0.711. The number of hydrogen-bond acceptors (Lipinski definition) is 0. The molecule has 1 aliphatic carbocycles. The molecular formula is C12H14BrCl. The van der Waals surface area contributed by atoms with Crippen molar-refractivity contribution in [2.45, 2.75) is 30.5 Å². The first kappa shape index (κ1) is 10.5. The van der Waals surface area contributed by atoms with Crippen LogP contribution in [0.2, 0.25) is 5.02 Å². The maximum absolute atomic E-state index is 5.83. The topological polar surface area (TPSA) is 0 Å². The Labute approximate surface area is 98.8 Å². The van der Waals surface area contributed by atoms with E-state index in [0.29, 0.717) is 4.83 Å². The van der Waals surface area contributed by atoms with Gasteiger partial charge in [-0.2, -0.15) is 0 Å². The van der Waals surface area contributed by atoms with Crippen LogP contribution < -0.4 is 0 Å².